The summed E-state index contributed by atoms with van der Waals surface area (Å²) in [5, 5.41) is 0. The predicted octanol–water partition coefficient (Wildman–Crippen LogP) is 14.8. The lowest BCUT2D eigenvalue weighted by atomic mass is 9.82. The number of anilines is 3. The molecule has 0 aliphatic heterocycles. The van der Waals surface area contributed by atoms with Gasteiger partial charge in [0.05, 0.1) is 11.4 Å². The molecule has 0 aromatic heterocycles. The summed E-state index contributed by atoms with van der Waals surface area (Å²) in [6.07, 6.45) is 0. The molecule has 2 aliphatic rings. The first kappa shape index (κ1) is 33.2. The number of rotatable bonds is 6. The first-order valence-corrected chi connectivity index (χ1v) is 19.5. The lowest BCUT2D eigenvalue weighted by Crippen LogP contribution is -2.17. The van der Waals surface area contributed by atoms with Crippen LogP contribution in [0.4, 0.5) is 17.1 Å². The molecule has 0 unspecified atom stereocenters. The average molecular weight is 706 g/mol. The van der Waals surface area contributed by atoms with Crippen LogP contribution in [0.2, 0.25) is 0 Å². The van der Waals surface area contributed by atoms with Gasteiger partial charge >= 0.3 is 0 Å². The number of hydrogen-bond acceptors (Lipinski definition) is 1. The molecule has 0 saturated heterocycles. The highest BCUT2D eigenvalue weighted by molar-refractivity contribution is 6.04. The average Bonchev–Trinajstić information content (AvgIpc) is 3.61. The quantitative estimate of drug-likeness (QED) is 0.166. The van der Waals surface area contributed by atoms with E-state index in [2.05, 4.69) is 221 Å². The third-order valence-electron chi connectivity index (χ3n) is 12.3. The molecule has 2 aliphatic carbocycles. The van der Waals surface area contributed by atoms with Crippen LogP contribution in [0, 0.1) is 0 Å². The summed E-state index contributed by atoms with van der Waals surface area (Å²) in [6.45, 7) is 9.47. The van der Waals surface area contributed by atoms with Crippen molar-refractivity contribution in [2.45, 2.75) is 38.5 Å². The lowest BCUT2D eigenvalue weighted by molar-refractivity contribution is 0.660. The van der Waals surface area contributed by atoms with Gasteiger partial charge in [0, 0.05) is 27.6 Å². The van der Waals surface area contributed by atoms with Crippen molar-refractivity contribution in [1.82, 2.24) is 0 Å². The van der Waals surface area contributed by atoms with Crippen LogP contribution < -0.4 is 4.90 Å². The van der Waals surface area contributed by atoms with E-state index in [0.29, 0.717) is 0 Å². The number of benzene rings is 8. The van der Waals surface area contributed by atoms with Gasteiger partial charge in [-0.1, -0.05) is 191 Å². The van der Waals surface area contributed by atoms with Crippen LogP contribution in [0.25, 0.3) is 55.6 Å². The van der Waals surface area contributed by atoms with Crippen LogP contribution in [0.15, 0.2) is 188 Å². The first-order valence-electron chi connectivity index (χ1n) is 19.5. The van der Waals surface area contributed by atoms with E-state index in [0.717, 1.165) is 11.4 Å². The largest absolute Gasteiger partial charge is 0.309 e. The van der Waals surface area contributed by atoms with Gasteiger partial charge < -0.3 is 4.90 Å². The summed E-state index contributed by atoms with van der Waals surface area (Å²) in [7, 11) is 0. The monoisotopic (exact) mass is 705 g/mol. The Bertz CT molecular complexity index is 2750. The van der Waals surface area contributed by atoms with E-state index in [4.69, 9.17) is 0 Å². The lowest BCUT2D eigenvalue weighted by Gasteiger charge is -2.32. The molecule has 0 N–H and O–H groups in total. The summed E-state index contributed by atoms with van der Waals surface area (Å²) in [4.78, 5) is 2.56. The summed E-state index contributed by atoms with van der Waals surface area (Å²) < 4.78 is 0. The second kappa shape index (κ2) is 12.6. The van der Waals surface area contributed by atoms with Crippen molar-refractivity contribution in [2.24, 2.45) is 0 Å². The van der Waals surface area contributed by atoms with Crippen molar-refractivity contribution < 1.29 is 0 Å². The molecular formula is C54H43N. The van der Waals surface area contributed by atoms with Crippen molar-refractivity contribution in [3.05, 3.63) is 210 Å². The summed E-state index contributed by atoms with van der Waals surface area (Å²) in [5.74, 6) is 0. The van der Waals surface area contributed by atoms with Crippen LogP contribution in [0.3, 0.4) is 0 Å². The minimum absolute atomic E-state index is 0.0841. The van der Waals surface area contributed by atoms with Gasteiger partial charge in [0.25, 0.3) is 0 Å². The molecule has 8 aromatic rings. The molecular weight excluding hydrogens is 663 g/mol. The maximum absolute atomic E-state index is 2.56. The number of nitrogens with zero attached hydrogens (tertiary/aromatic N) is 1. The molecule has 264 valence electrons. The maximum Gasteiger partial charge on any atom is 0.0546 e. The minimum Gasteiger partial charge on any atom is -0.309 e. The van der Waals surface area contributed by atoms with Crippen LogP contribution in [0.5, 0.6) is 0 Å². The summed E-state index contributed by atoms with van der Waals surface area (Å²) in [5.41, 5.74) is 21.2. The minimum atomic E-state index is -0.136. The number of hydrogen-bond donors (Lipinski definition) is 0. The van der Waals surface area contributed by atoms with Crippen LogP contribution in [-0.2, 0) is 10.8 Å². The van der Waals surface area contributed by atoms with Crippen LogP contribution in [-0.4, -0.2) is 0 Å². The highest BCUT2D eigenvalue weighted by Gasteiger charge is 2.39. The smallest absolute Gasteiger partial charge is 0.0546 e. The second-order valence-electron chi connectivity index (χ2n) is 16.1. The Labute approximate surface area is 325 Å². The van der Waals surface area contributed by atoms with Gasteiger partial charge in [-0.2, -0.15) is 0 Å². The molecule has 10 rings (SSSR count). The Morgan fingerprint density at radius 2 is 0.764 bits per heavy atom. The first-order chi connectivity index (χ1) is 26.8. The molecule has 0 radical (unpaired) electrons. The molecule has 0 heterocycles. The standard InChI is InChI=1S/C54H43N/c1-53(2)45-28-15-13-24-41(45)44-35-38(33-34-47(44)53)55(50-32-18-30-48-52(50)43-26-14-16-29-46(43)54(48,3)4)49-31-17-27-40(37-21-9-6-10-22-37)51(49)42-25-12-11-23-39(42)36-19-7-5-8-20-36/h5-35H,1-4H3. The van der Waals surface area contributed by atoms with Crippen LogP contribution in [0.1, 0.15) is 49.9 Å². The molecule has 0 bridgehead atoms. The maximum atomic E-state index is 2.56. The molecule has 1 heteroatoms. The summed E-state index contributed by atoms with van der Waals surface area (Å²) >= 11 is 0. The normalized spacial score (nSPS) is 14.1. The fraction of sp³-hybridized carbons (Fsp3) is 0.111. The van der Waals surface area contributed by atoms with Crippen molar-refractivity contribution in [1.29, 1.82) is 0 Å². The van der Waals surface area contributed by atoms with E-state index < -0.39 is 0 Å². The Balaban J connectivity index is 1.32. The van der Waals surface area contributed by atoms with E-state index in [1.165, 1.54) is 83.6 Å². The van der Waals surface area contributed by atoms with E-state index >= 15 is 0 Å². The second-order valence-corrected chi connectivity index (χ2v) is 16.1. The van der Waals surface area contributed by atoms with E-state index in [1.807, 2.05) is 0 Å². The molecule has 0 atom stereocenters. The Hall–Kier alpha value is -6.44. The molecule has 8 aromatic carbocycles. The van der Waals surface area contributed by atoms with E-state index in [1.54, 1.807) is 0 Å². The Morgan fingerprint density at radius 1 is 0.309 bits per heavy atom. The van der Waals surface area contributed by atoms with Crippen molar-refractivity contribution in [3.8, 4) is 55.6 Å². The zero-order valence-electron chi connectivity index (χ0n) is 31.8. The molecule has 0 saturated carbocycles. The fourth-order valence-electron chi connectivity index (χ4n) is 9.62. The van der Waals surface area contributed by atoms with Crippen LogP contribution >= 0.6 is 0 Å². The van der Waals surface area contributed by atoms with Crippen molar-refractivity contribution in [3.63, 3.8) is 0 Å². The van der Waals surface area contributed by atoms with Gasteiger partial charge in [0.15, 0.2) is 0 Å². The zero-order chi connectivity index (χ0) is 37.3. The highest BCUT2D eigenvalue weighted by atomic mass is 15.1. The molecule has 0 spiro atoms. The molecule has 0 amide bonds. The SMILES string of the molecule is CC1(C)c2ccccc2-c2cc(N(c3cccc(-c4ccccc4)c3-c3ccccc3-c3ccccc3)c3cccc4c3-c3ccccc3C4(C)C)ccc21. The van der Waals surface area contributed by atoms with Gasteiger partial charge in [-0.25, -0.2) is 0 Å². The van der Waals surface area contributed by atoms with Gasteiger partial charge in [-0.05, 0) is 91.0 Å². The molecule has 55 heavy (non-hydrogen) atoms. The third-order valence-corrected chi connectivity index (χ3v) is 12.3. The summed E-state index contributed by atoms with van der Waals surface area (Å²) in [6, 6.07) is 69.6. The van der Waals surface area contributed by atoms with Gasteiger partial charge in [0.1, 0.15) is 0 Å². The Morgan fingerprint density at radius 3 is 1.45 bits per heavy atom. The molecule has 1 nitrogen and oxygen atoms in total. The third kappa shape index (κ3) is 5.07. The van der Waals surface area contributed by atoms with E-state index in [-0.39, 0.29) is 10.8 Å². The zero-order valence-corrected chi connectivity index (χ0v) is 31.8. The Kier molecular flexibility index (Phi) is 7.58. The van der Waals surface area contributed by atoms with E-state index in [9.17, 15) is 0 Å². The molecule has 0 fully saturated rings. The topological polar surface area (TPSA) is 3.24 Å². The predicted molar refractivity (Wildman–Crippen MR) is 233 cm³/mol. The van der Waals surface area contributed by atoms with Crippen molar-refractivity contribution >= 4 is 17.1 Å². The highest BCUT2D eigenvalue weighted by Crippen LogP contribution is 2.57. The van der Waals surface area contributed by atoms with Crippen molar-refractivity contribution in [2.75, 3.05) is 4.90 Å². The fourth-order valence-corrected chi connectivity index (χ4v) is 9.62. The van der Waals surface area contributed by atoms with Gasteiger partial charge in [-0.3, -0.25) is 0 Å². The number of fused-ring (bicyclic) bond motifs is 6. The van der Waals surface area contributed by atoms with Gasteiger partial charge in [0.2, 0.25) is 0 Å². The van der Waals surface area contributed by atoms with Gasteiger partial charge in [-0.15, -0.1) is 0 Å².